The highest BCUT2D eigenvalue weighted by Crippen LogP contribution is 2.21. The average molecular weight is 240 g/mol. The van der Waals surface area contributed by atoms with Crippen LogP contribution in [0.5, 0.6) is 0 Å². The molecule has 1 aromatic rings. The van der Waals surface area contributed by atoms with E-state index in [9.17, 15) is 0 Å². The van der Waals surface area contributed by atoms with Crippen LogP contribution in [-0.2, 0) is 4.74 Å². The summed E-state index contributed by atoms with van der Waals surface area (Å²) in [7, 11) is 0. The van der Waals surface area contributed by atoms with Gasteiger partial charge in [0.05, 0.1) is 6.10 Å². The molecule has 1 fully saturated rings. The predicted octanol–water partition coefficient (Wildman–Crippen LogP) is 3.63. The van der Waals surface area contributed by atoms with Gasteiger partial charge in [-0.15, -0.1) is 0 Å². The van der Waals surface area contributed by atoms with Gasteiger partial charge in [0.1, 0.15) is 0 Å². The maximum Gasteiger partial charge on any atom is 0.0592 e. The Kier molecular flexibility index (Phi) is 4.08. The first-order chi connectivity index (χ1) is 7.75. The van der Waals surface area contributed by atoms with Gasteiger partial charge in [0.25, 0.3) is 0 Å². The normalized spacial score (nSPS) is 20.0. The Hall–Kier alpha value is -0.730. The zero-order valence-corrected chi connectivity index (χ0v) is 10.4. The zero-order valence-electron chi connectivity index (χ0n) is 9.63. The molecule has 1 aliphatic rings. The van der Waals surface area contributed by atoms with Gasteiger partial charge in [0, 0.05) is 23.9 Å². The Bertz CT molecular complexity index is 348. The predicted molar refractivity (Wildman–Crippen MR) is 68.3 cm³/mol. The number of hydrogen-bond acceptors (Lipinski definition) is 2. The Morgan fingerprint density at radius 1 is 1.50 bits per heavy atom. The van der Waals surface area contributed by atoms with Crippen LogP contribution in [0, 0.1) is 6.92 Å². The summed E-state index contributed by atoms with van der Waals surface area (Å²) >= 11 is 5.96. The number of aryl methyl sites for hydroxylation is 1. The van der Waals surface area contributed by atoms with Gasteiger partial charge >= 0.3 is 0 Å². The van der Waals surface area contributed by atoms with E-state index in [1.54, 1.807) is 0 Å². The molecule has 88 valence electrons. The molecule has 0 spiro atoms. The number of halogens is 1. The number of nitrogens with one attached hydrogen (secondary N) is 1. The molecular formula is C13H18ClNO. The lowest BCUT2D eigenvalue weighted by Crippen LogP contribution is -2.12. The quantitative estimate of drug-likeness (QED) is 0.867. The van der Waals surface area contributed by atoms with Crippen molar-refractivity contribution in [2.24, 2.45) is 0 Å². The Labute approximate surface area is 102 Å². The summed E-state index contributed by atoms with van der Waals surface area (Å²) in [6.07, 6.45) is 3.94. The third kappa shape index (κ3) is 3.13. The highest BCUT2D eigenvalue weighted by molar-refractivity contribution is 6.30. The first-order valence-corrected chi connectivity index (χ1v) is 6.25. The average Bonchev–Trinajstić information content (AvgIpc) is 2.76. The molecule has 1 N–H and O–H groups in total. The van der Waals surface area contributed by atoms with Crippen LogP contribution >= 0.6 is 11.6 Å². The van der Waals surface area contributed by atoms with Crippen LogP contribution in [0.3, 0.4) is 0 Å². The fourth-order valence-corrected chi connectivity index (χ4v) is 2.20. The van der Waals surface area contributed by atoms with E-state index in [-0.39, 0.29) is 0 Å². The third-order valence-electron chi connectivity index (χ3n) is 3.01. The standard InChI is InChI=1S/C13H18ClNO/c1-10-4-5-11(14)9-13(10)15-7-6-12-3-2-8-16-12/h4-5,9,12,15H,2-3,6-8H2,1H3. The van der Waals surface area contributed by atoms with Crippen molar-refractivity contribution < 1.29 is 4.74 Å². The number of anilines is 1. The van der Waals surface area contributed by atoms with Gasteiger partial charge in [0.2, 0.25) is 0 Å². The van der Waals surface area contributed by atoms with E-state index in [0.29, 0.717) is 6.10 Å². The summed E-state index contributed by atoms with van der Waals surface area (Å²) in [5.74, 6) is 0. The van der Waals surface area contributed by atoms with Crippen molar-refractivity contribution in [3.8, 4) is 0 Å². The minimum absolute atomic E-state index is 0.451. The molecule has 1 aromatic carbocycles. The Morgan fingerprint density at radius 2 is 2.38 bits per heavy atom. The van der Waals surface area contributed by atoms with E-state index < -0.39 is 0 Å². The fourth-order valence-electron chi connectivity index (χ4n) is 2.02. The molecule has 1 heterocycles. The van der Waals surface area contributed by atoms with Crippen LogP contribution < -0.4 is 5.32 Å². The van der Waals surface area contributed by atoms with E-state index in [2.05, 4.69) is 12.2 Å². The van der Waals surface area contributed by atoms with E-state index in [4.69, 9.17) is 16.3 Å². The van der Waals surface area contributed by atoms with E-state index in [0.717, 1.165) is 30.3 Å². The molecule has 0 amide bonds. The van der Waals surface area contributed by atoms with Crippen molar-refractivity contribution in [1.29, 1.82) is 0 Å². The van der Waals surface area contributed by atoms with Crippen LogP contribution in [0.4, 0.5) is 5.69 Å². The van der Waals surface area contributed by atoms with Crippen molar-refractivity contribution in [2.45, 2.75) is 32.3 Å². The summed E-state index contributed by atoms with van der Waals surface area (Å²) < 4.78 is 5.58. The lowest BCUT2D eigenvalue weighted by atomic mass is 10.1. The third-order valence-corrected chi connectivity index (χ3v) is 3.24. The zero-order chi connectivity index (χ0) is 11.4. The highest BCUT2D eigenvalue weighted by atomic mass is 35.5. The molecular weight excluding hydrogens is 222 g/mol. The lowest BCUT2D eigenvalue weighted by molar-refractivity contribution is 0.107. The topological polar surface area (TPSA) is 21.3 Å². The van der Waals surface area contributed by atoms with E-state index in [1.807, 2.05) is 18.2 Å². The molecule has 1 unspecified atom stereocenters. The second-order valence-corrected chi connectivity index (χ2v) is 4.75. The molecule has 0 aromatic heterocycles. The molecule has 2 nitrogen and oxygen atoms in total. The van der Waals surface area contributed by atoms with Crippen molar-refractivity contribution in [2.75, 3.05) is 18.5 Å². The van der Waals surface area contributed by atoms with Crippen LogP contribution in [0.2, 0.25) is 5.02 Å². The van der Waals surface area contributed by atoms with Crippen molar-refractivity contribution in [3.63, 3.8) is 0 Å². The van der Waals surface area contributed by atoms with Crippen molar-refractivity contribution >= 4 is 17.3 Å². The minimum atomic E-state index is 0.451. The van der Waals surface area contributed by atoms with Crippen molar-refractivity contribution in [1.82, 2.24) is 0 Å². The second-order valence-electron chi connectivity index (χ2n) is 4.31. The number of rotatable bonds is 4. The minimum Gasteiger partial charge on any atom is -0.385 e. The van der Waals surface area contributed by atoms with Crippen LogP contribution in [0.1, 0.15) is 24.8 Å². The van der Waals surface area contributed by atoms with Gasteiger partial charge < -0.3 is 10.1 Å². The van der Waals surface area contributed by atoms with Crippen LogP contribution in [-0.4, -0.2) is 19.3 Å². The van der Waals surface area contributed by atoms with Gasteiger partial charge in [-0.2, -0.15) is 0 Å². The molecule has 0 saturated carbocycles. The summed E-state index contributed by atoms with van der Waals surface area (Å²) in [4.78, 5) is 0. The smallest absolute Gasteiger partial charge is 0.0592 e. The number of ether oxygens (including phenoxy) is 1. The molecule has 0 bridgehead atoms. The molecule has 1 aliphatic heterocycles. The summed E-state index contributed by atoms with van der Waals surface area (Å²) in [6.45, 7) is 3.97. The van der Waals surface area contributed by atoms with Crippen molar-refractivity contribution in [3.05, 3.63) is 28.8 Å². The van der Waals surface area contributed by atoms with E-state index in [1.165, 1.54) is 18.4 Å². The van der Waals surface area contributed by atoms with Gasteiger partial charge in [0.15, 0.2) is 0 Å². The molecule has 16 heavy (non-hydrogen) atoms. The molecule has 1 atom stereocenters. The number of hydrogen-bond donors (Lipinski definition) is 1. The molecule has 0 aliphatic carbocycles. The van der Waals surface area contributed by atoms with Crippen LogP contribution in [0.25, 0.3) is 0 Å². The van der Waals surface area contributed by atoms with E-state index >= 15 is 0 Å². The monoisotopic (exact) mass is 239 g/mol. The first kappa shape index (κ1) is 11.7. The molecule has 3 heteroatoms. The van der Waals surface area contributed by atoms with Crippen LogP contribution in [0.15, 0.2) is 18.2 Å². The van der Waals surface area contributed by atoms with Gasteiger partial charge in [-0.25, -0.2) is 0 Å². The van der Waals surface area contributed by atoms with Gasteiger partial charge in [-0.3, -0.25) is 0 Å². The lowest BCUT2D eigenvalue weighted by Gasteiger charge is -2.12. The first-order valence-electron chi connectivity index (χ1n) is 5.87. The molecule has 0 radical (unpaired) electrons. The SMILES string of the molecule is Cc1ccc(Cl)cc1NCCC1CCCO1. The summed E-state index contributed by atoms with van der Waals surface area (Å²) in [5.41, 5.74) is 2.36. The maximum atomic E-state index is 5.96. The molecule has 2 rings (SSSR count). The Balaban J connectivity index is 1.82. The summed E-state index contributed by atoms with van der Waals surface area (Å²) in [5, 5.41) is 4.20. The van der Waals surface area contributed by atoms with Gasteiger partial charge in [-0.1, -0.05) is 17.7 Å². The highest BCUT2D eigenvalue weighted by Gasteiger charge is 2.14. The largest absolute Gasteiger partial charge is 0.385 e. The Morgan fingerprint density at radius 3 is 3.12 bits per heavy atom. The number of benzene rings is 1. The summed E-state index contributed by atoms with van der Waals surface area (Å²) in [6, 6.07) is 5.94. The maximum absolute atomic E-state index is 5.96. The fraction of sp³-hybridized carbons (Fsp3) is 0.538. The van der Waals surface area contributed by atoms with Gasteiger partial charge in [-0.05, 0) is 43.9 Å². The molecule has 1 saturated heterocycles. The second kappa shape index (κ2) is 5.55.